The Hall–Kier alpha value is -1.48. The molecule has 1 aromatic carbocycles. The van der Waals surface area contributed by atoms with Gasteiger partial charge in [0.25, 0.3) is 0 Å². The molecule has 0 saturated carbocycles. The van der Waals surface area contributed by atoms with E-state index in [1.54, 1.807) is 12.1 Å². The van der Waals surface area contributed by atoms with Crippen LogP contribution >= 0.6 is 0 Å². The molecule has 0 heterocycles. The Balaban J connectivity index is 2.33. The van der Waals surface area contributed by atoms with E-state index >= 15 is 0 Å². The highest BCUT2D eigenvalue weighted by Crippen LogP contribution is 2.35. The van der Waals surface area contributed by atoms with Gasteiger partial charge in [0.1, 0.15) is 11.5 Å². The molecule has 1 unspecified atom stereocenters. The summed E-state index contributed by atoms with van der Waals surface area (Å²) in [7, 11) is 0. The highest BCUT2D eigenvalue weighted by Gasteiger charge is 2.16. The zero-order valence-electron chi connectivity index (χ0n) is 9.06. The average Bonchev–Trinajstić information content (AvgIpc) is 2.29. The molecule has 2 rings (SSSR count). The molecule has 16 heavy (non-hydrogen) atoms. The van der Waals surface area contributed by atoms with Crippen LogP contribution < -0.4 is 0 Å². The molecule has 0 radical (unpaired) electrons. The summed E-state index contributed by atoms with van der Waals surface area (Å²) in [5.41, 5.74) is 1.82. The van der Waals surface area contributed by atoms with Gasteiger partial charge in [0.05, 0.1) is 0 Å². The molecule has 3 heteroatoms. The predicted molar refractivity (Wildman–Crippen MR) is 62.2 cm³/mol. The number of hydrogen-bond acceptors (Lipinski definition) is 3. The topological polar surface area (TPSA) is 60.7 Å². The van der Waals surface area contributed by atoms with Crippen LogP contribution in [0, 0.1) is 5.92 Å². The first-order valence-electron chi connectivity index (χ1n) is 5.54. The van der Waals surface area contributed by atoms with E-state index in [2.05, 4.69) is 0 Å². The van der Waals surface area contributed by atoms with Gasteiger partial charge in [-0.1, -0.05) is 6.08 Å². The fourth-order valence-electron chi connectivity index (χ4n) is 2.17. The van der Waals surface area contributed by atoms with Gasteiger partial charge in [-0.25, -0.2) is 0 Å². The number of aliphatic hydroxyl groups is 1. The maximum atomic E-state index is 9.74. The molecule has 0 saturated heterocycles. The van der Waals surface area contributed by atoms with E-state index in [-0.39, 0.29) is 24.0 Å². The molecule has 3 nitrogen and oxygen atoms in total. The Labute approximate surface area is 94.7 Å². The lowest BCUT2D eigenvalue weighted by Gasteiger charge is -2.20. The molecular formula is C13H16O3. The lowest BCUT2D eigenvalue weighted by molar-refractivity contribution is 0.242. The summed E-state index contributed by atoms with van der Waals surface area (Å²) in [4.78, 5) is 0. The number of phenols is 2. The normalized spacial score (nSPS) is 20.6. The zero-order valence-corrected chi connectivity index (χ0v) is 9.06. The van der Waals surface area contributed by atoms with Crippen molar-refractivity contribution in [1.82, 2.24) is 0 Å². The minimum absolute atomic E-state index is 0.0661. The second-order valence-corrected chi connectivity index (χ2v) is 4.23. The van der Waals surface area contributed by atoms with Gasteiger partial charge in [0, 0.05) is 24.2 Å². The van der Waals surface area contributed by atoms with Crippen molar-refractivity contribution in [3.05, 3.63) is 29.8 Å². The lowest BCUT2D eigenvalue weighted by Crippen LogP contribution is -2.08. The van der Waals surface area contributed by atoms with Crippen LogP contribution in [0.2, 0.25) is 0 Å². The third-order valence-corrected chi connectivity index (χ3v) is 3.02. The van der Waals surface area contributed by atoms with Crippen LogP contribution in [0.15, 0.2) is 24.3 Å². The van der Waals surface area contributed by atoms with E-state index in [1.165, 1.54) is 6.07 Å². The standard InChI is InChI=1S/C13H16O3/c14-8-9-2-1-3-10(6-9)12-5-4-11(15)7-13(12)16/h4-7,9,14-16H,1-3,8H2. The summed E-state index contributed by atoms with van der Waals surface area (Å²) < 4.78 is 0. The second kappa shape index (κ2) is 4.58. The van der Waals surface area contributed by atoms with Crippen molar-refractivity contribution in [2.45, 2.75) is 19.3 Å². The maximum absolute atomic E-state index is 9.74. The Morgan fingerprint density at radius 3 is 2.75 bits per heavy atom. The SMILES string of the molecule is OCC1C=C(c2ccc(O)cc2O)CCC1. The molecule has 1 atom stereocenters. The zero-order chi connectivity index (χ0) is 11.5. The summed E-state index contributed by atoms with van der Waals surface area (Å²) in [5, 5.41) is 28.1. The highest BCUT2D eigenvalue weighted by atomic mass is 16.3. The third-order valence-electron chi connectivity index (χ3n) is 3.02. The van der Waals surface area contributed by atoms with Crippen molar-refractivity contribution in [2.24, 2.45) is 5.92 Å². The number of phenolic OH excluding ortho intramolecular Hbond substituents is 2. The fourth-order valence-corrected chi connectivity index (χ4v) is 2.17. The summed E-state index contributed by atoms with van der Waals surface area (Å²) in [5.74, 6) is 0.359. The van der Waals surface area contributed by atoms with Crippen LogP contribution in [0.5, 0.6) is 11.5 Å². The molecule has 1 aliphatic carbocycles. The van der Waals surface area contributed by atoms with Gasteiger partial charge < -0.3 is 15.3 Å². The fraction of sp³-hybridized carbons (Fsp3) is 0.385. The largest absolute Gasteiger partial charge is 0.508 e. The average molecular weight is 220 g/mol. The van der Waals surface area contributed by atoms with Gasteiger partial charge in [-0.05, 0) is 37.0 Å². The minimum atomic E-state index is 0.0661. The first-order valence-corrected chi connectivity index (χ1v) is 5.54. The van der Waals surface area contributed by atoms with Gasteiger partial charge in [0.15, 0.2) is 0 Å². The Morgan fingerprint density at radius 1 is 1.25 bits per heavy atom. The van der Waals surface area contributed by atoms with Crippen LogP contribution in [0.4, 0.5) is 0 Å². The molecule has 1 aliphatic rings. The van der Waals surface area contributed by atoms with Crippen LogP contribution in [-0.4, -0.2) is 21.9 Å². The van der Waals surface area contributed by atoms with Gasteiger partial charge in [-0.2, -0.15) is 0 Å². The Bertz CT molecular complexity index is 410. The predicted octanol–water partition coefficient (Wildman–Crippen LogP) is 2.27. The third kappa shape index (κ3) is 2.19. The quantitative estimate of drug-likeness (QED) is 0.716. The number of allylic oxidation sites excluding steroid dienone is 1. The molecule has 0 spiro atoms. The molecule has 3 N–H and O–H groups in total. The molecule has 1 aromatic rings. The van der Waals surface area contributed by atoms with Crippen molar-refractivity contribution in [3.8, 4) is 11.5 Å². The van der Waals surface area contributed by atoms with E-state index < -0.39 is 0 Å². The van der Waals surface area contributed by atoms with E-state index in [0.29, 0.717) is 0 Å². The van der Waals surface area contributed by atoms with Gasteiger partial charge in [-0.15, -0.1) is 0 Å². The number of benzene rings is 1. The first kappa shape index (κ1) is 11.0. The van der Waals surface area contributed by atoms with Crippen LogP contribution in [0.3, 0.4) is 0 Å². The molecule has 86 valence electrons. The Kier molecular flexibility index (Phi) is 3.15. The van der Waals surface area contributed by atoms with Crippen LogP contribution in [-0.2, 0) is 0 Å². The van der Waals surface area contributed by atoms with Gasteiger partial charge in [-0.3, -0.25) is 0 Å². The van der Waals surface area contributed by atoms with Gasteiger partial charge >= 0.3 is 0 Å². The summed E-state index contributed by atoms with van der Waals surface area (Å²) in [6.45, 7) is 0.155. The monoisotopic (exact) mass is 220 g/mol. The molecule has 0 aliphatic heterocycles. The second-order valence-electron chi connectivity index (χ2n) is 4.23. The van der Waals surface area contributed by atoms with Crippen molar-refractivity contribution in [1.29, 1.82) is 0 Å². The van der Waals surface area contributed by atoms with Crippen LogP contribution in [0.1, 0.15) is 24.8 Å². The van der Waals surface area contributed by atoms with E-state index in [9.17, 15) is 10.2 Å². The number of rotatable bonds is 2. The van der Waals surface area contributed by atoms with Crippen LogP contribution in [0.25, 0.3) is 5.57 Å². The van der Waals surface area contributed by atoms with Gasteiger partial charge in [0.2, 0.25) is 0 Å². The highest BCUT2D eigenvalue weighted by molar-refractivity contribution is 5.71. The molecule has 0 bridgehead atoms. The lowest BCUT2D eigenvalue weighted by atomic mass is 9.87. The summed E-state index contributed by atoms with van der Waals surface area (Å²) in [6.07, 6.45) is 4.96. The molecule has 0 amide bonds. The number of aromatic hydroxyl groups is 2. The van der Waals surface area contributed by atoms with E-state index in [4.69, 9.17) is 5.11 Å². The maximum Gasteiger partial charge on any atom is 0.126 e. The first-order chi connectivity index (χ1) is 7.70. The summed E-state index contributed by atoms with van der Waals surface area (Å²) in [6, 6.07) is 4.63. The number of aliphatic hydroxyl groups excluding tert-OH is 1. The molecular weight excluding hydrogens is 204 g/mol. The Morgan fingerprint density at radius 2 is 2.06 bits per heavy atom. The minimum Gasteiger partial charge on any atom is -0.508 e. The molecule has 0 aromatic heterocycles. The van der Waals surface area contributed by atoms with Crippen molar-refractivity contribution in [3.63, 3.8) is 0 Å². The van der Waals surface area contributed by atoms with Crippen molar-refractivity contribution < 1.29 is 15.3 Å². The van der Waals surface area contributed by atoms with Crippen molar-refractivity contribution in [2.75, 3.05) is 6.61 Å². The number of hydrogen-bond donors (Lipinski definition) is 3. The smallest absolute Gasteiger partial charge is 0.126 e. The van der Waals surface area contributed by atoms with Crippen molar-refractivity contribution >= 4 is 5.57 Å². The van der Waals surface area contributed by atoms with E-state index in [0.717, 1.165) is 30.4 Å². The van der Waals surface area contributed by atoms with E-state index in [1.807, 2.05) is 6.08 Å². The molecule has 0 fully saturated rings. The summed E-state index contributed by atoms with van der Waals surface area (Å²) >= 11 is 0.